The van der Waals surface area contributed by atoms with E-state index in [1.807, 2.05) is 0 Å². The molecule has 0 bridgehead atoms. The summed E-state index contributed by atoms with van der Waals surface area (Å²) in [4.78, 5) is 10.9. The third kappa shape index (κ3) is 1.43. The molecule has 0 saturated carbocycles. The second-order valence-electron chi connectivity index (χ2n) is 2.53. The fourth-order valence-electron chi connectivity index (χ4n) is 1.11. The Morgan fingerprint density at radius 1 is 1.15 bits per heavy atom. The van der Waals surface area contributed by atoms with Crippen LogP contribution in [0.2, 0.25) is 10.0 Å². The van der Waals surface area contributed by atoms with Crippen LogP contribution in [0.5, 0.6) is 0 Å². The minimum atomic E-state index is -0.495. The summed E-state index contributed by atoms with van der Waals surface area (Å²) in [5.41, 5.74) is -0.160. The van der Waals surface area contributed by atoms with E-state index in [9.17, 15) is 4.79 Å². The van der Waals surface area contributed by atoms with E-state index in [0.717, 1.165) is 0 Å². The lowest BCUT2D eigenvalue weighted by Crippen LogP contribution is -1.95. The number of halogens is 2. The third-order valence-electron chi connectivity index (χ3n) is 1.67. The van der Waals surface area contributed by atoms with Gasteiger partial charge >= 0.3 is 5.63 Å². The van der Waals surface area contributed by atoms with Crippen LogP contribution < -0.4 is 5.63 Å². The molecule has 0 saturated heterocycles. The van der Waals surface area contributed by atoms with Gasteiger partial charge in [-0.15, -0.1) is 0 Å². The van der Waals surface area contributed by atoms with Crippen LogP contribution in [0.15, 0.2) is 33.5 Å². The van der Waals surface area contributed by atoms with Crippen molar-refractivity contribution in [2.45, 2.75) is 0 Å². The van der Waals surface area contributed by atoms with Crippen LogP contribution in [0, 0.1) is 0 Å². The van der Waals surface area contributed by atoms with Gasteiger partial charge in [0.05, 0.1) is 10.0 Å². The van der Waals surface area contributed by atoms with Gasteiger partial charge in [0.1, 0.15) is 0 Å². The summed E-state index contributed by atoms with van der Waals surface area (Å²) >= 11 is 11.6. The van der Waals surface area contributed by atoms with Crippen LogP contribution in [0.4, 0.5) is 0 Å². The Morgan fingerprint density at radius 3 is 2.69 bits per heavy atom. The van der Waals surface area contributed by atoms with E-state index >= 15 is 0 Å². The van der Waals surface area contributed by atoms with Gasteiger partial charge in [-0.05, 0) is 12.1 Å². The van der Waals surface area contributed by atoms with E-state index in [4.69, 9.17) is 27.6 Å². The Labute approximate surface area is 83.7 Å². The van der Waals surface area contributed by atoms with Crippen molar-refractivity contribution in [2.24, 2.45) is 0 Å². The molecule has 0 aliphatic carbocycles. The summed E-state index contributed by atoms with van der Waals surface area (Å²) in [6.07, 6.45) is 0. The molecule has 1 aromatic carbocycles. The third-order valence-corrected chi connectivity index (χ3v) is 2.28. The molecule has 0 amide bonds. The number of fused-ring (bicyclic) bond motifs is 1. The van der Waals surface area contributed by atoms with Crippen molar-refractivity contribution in [1.82, 2.24) is 0 Å². The Bertz CT molecular complexity index is 516. The van der Waals surface area contributed by atoms with Crippen LogP contribution in [0.1, 0.15) is 0 Å². The van der Waals surface area contributed by atoms with Gasteiger partial charge in [0.15, 0.2) is 5.58 Å². The minimum absolute atomic E-state index is 0.335. The quantitative estimate of drug-likeness (QED) is 0.632. The van der Waals surface area contributed by atoms with Crippen molar-refractivity contribution in [3.63, 3.8) is 0 Å². The van der Waals surface area contributed by atoms with E-state index in [1.54, 1.807) is 18.2 Å². The van der Waals surface area contributed by atoms with Gasteiger partial charge in [0.2, 0.25) is 0 Å². The predicted molar refractivity (Wildman–Crippen MR) is 52.5 cm³/mol. The first-order chi connectivity index (χ1) is 6.18. The van der Waals surface area contributed by atoms with Crippen LogP contribution in [0.3, 0.4) is 0 Å². The zero-order valence-corrected chi connectivity index (χ0v) is 7.89. The molecule has 66 valence electrons. The van der Waals surface area contributed by atoms with Crippen LogP contribution in [-0.4, -0.2) is 0 Å². The average molecular weight is 215 g/mol. The second-order valence-corrected chi connectivity index (χ2v) is 3.34. The summed E-state index contributed by atoms with van der Waals surface area (Å²) in [7, 11) is 0. The van der Waals surface area contributed by atoms with Gasteiger partial charge in [-0.25, -0.2) is 4.79 Å². The molecule has 0 aliphatic rings. The molecule has 0 atom stereocenters. The summed E-state index contributed by atoms with van der Waals surface area (Å²) in [5, 5.41) is 1.39. The number of hydrogen-bond donors (Lipinski definition) is 0. The fourth-order valence-corrected chi connectivity index (χ4v) is 1.56. The van der Waals surface area contributed by atoms with Crippen LogP contribution in [-0.2, 0) is 0 Å². The largest absolute Gasteiger partial charge is 0.421 e. The number of hydrogen-bond acceptors (Lipinski definition) is 2. The monoisotopic (exact) mass is 214 g/mol. The van der Waals surface area contributed by atoms with Crippen molar-refractivity contribution < 1.29 is 4.42 Å². The van der Waals surface area contributed by atoms with E-state index in [1.165, 1.54) is 6.07 Å². The van der Waals surface area contributed by atoms with Gasteiger partial charge in [-0.2, -0.15) is 0 Å². The van der Waals surface area contributed by atoms with E-state index < -0.39 is 5.63 Å². The highest BCUT2D eigenvalue weighted by molar-refractivity contribution is 6.38. The molecular formula is C9H4Cl2O2. The molecule has 0 N–H and O–H groups in total. The normalized spacial score (nSPS) is 10.6. The highest BCUT2D eigenvalue weighted by Gasteiger charge is 2.05. The molecule has 2 nitrogen and oxygen atoms in total. The average Bonchev–Trinajstić information content (AvgIpc) is 2.07. The first kappa shape index (κ1) is 8.60. The van der Waals surface area contributed by atoms with Gasteiger partial charge < -0.3 is 4.42 Å². The van der Waals surface area contributed by atoms with Crippen molar-refractivity contribution in [1.29, 1.82) is 0 Å². The van der Waals surface area contributed by atoms with Gasteiger partial charge in [-0.1, -0.05) is 29.3 Å². The summed E-state index contributed by atoms with van der Waals surface area (Å²) < 4.78 is 4.90. The lowest BCUT2D eigenvalue weighted by Gasteiger charge is -1.98. The number of benzene rings is 1. The van der Waals surface area contributed by atoms with Crippen molar-refractivity contribution in [3.8, 4) is 0 Å². The Balaban J connectivity index is 3.03. The van der Waals surface area contributed by atoms with E-state index in [2.05, 4.69) is 0 Å². The maximum Gasteiger partial charge on any atom is 0.337 e. The Kier molecular flexibility index (Phi) is 2.02. The Morgan fingerprint density at radius 2 is 1.92 bits per heavy atom. The van der Waals surface area contributed by atoms with Crippen molar-refractivity contribution in [2.75, 3.05) is 0 Å². The van der Waals surface area contributed by atoms with Crippen molar-refractivity contribution in [3.05, 3.63) is 44.7 Å². The highest BCUT2D eigenvalue weighted by atomic mass is 35.5. The lowest BCUT2D eigenvalue weighted by molar-refractivity contribution is 0.561. The molecule has 0 fully saturated rings. The lowest BCUT2D eigenvalue weighted by atomic mass is 10.2. The SMILES string of the molecule is O=c1cc(Cl)c2cccc(Cl)c2o1. The molecule has 13 heavy (non-hydrogen) atoms. The molecule has 2 aromatic rings. The van der Waals surface area contributed by atoms with Gasteiger partial charge in [-0.3, -0.25) is 0 Å². The topological polar surface area (TPSA) is 30.2 Å². The molecule has 0 unspecified atom stereocenters. The second kappa shape index (κ2) is 3.05. The first-order valence-electron chi connectivity index (χ1n) is 3.56. The predicted octanol–water partition coefficient (Wildman–Crippen LogP) is 3.10. The van der Waals surface area contributed by atoms with Gasteiger partial charge in [0.25, 0.3) is 0 Å². The standard InChI is InChI=1S/C9H4Cl2O2/c10-6-3-1-2-5-7(11)4-8(12)13-9(5)6/h1-4H. The molecule has 1 aromatic heterocycles. The van der Waals surface area contributed by atoms with E-state index in [0.29, 0.717) is 21.0 Å². The summed E-state index contributed by atoms with van der Waals surface area (Å²) in [6.45, 7) is 0. The summed E-state index contributed by atoms with van der Waals surface area (Å²) in [6, 6.07) is 6.35. The molecular weight excluding hydrogens is 211 g/mol. The maximum atomic E-state index is 10.9. The maximum absolute atomic E-state index is 10.9. The van der Waals surface area contributed by atoms with Gasteiger partial charge in [0, 0.05) is 11.5 Å². The molecule has 0 aliphatic heterocycles. The molecule has 0 radical (unpaired) electrons. The highest BCUT2D eigenvalue weighted by Crippen LogP contribution is 2.26. The fraction of sp³-hybridized carbons (Fsp3) is 0. The zero-order valence-electron chi connectivity index (χ0n) is 6.38. The first-order valence-corrected chi connectivity index (χ1v) is 4.32. The summed E-state index contributed by atoms with van der Waals surface area (Å²) in [5.74, 6) is 0. The van der Waals surface area contributed by atoms with Crippen LogP contribution >= 0.6 is 23.2 Å². The van der Waals surface area contributed by atoms with E-state index in [-0.39, 0.29) is 0 Å². The molecule has 0 spiro atoms. The van der Waals surface area contributed by atoms with Crippen LogP contribution in [0.25, 0.3) is 11.0 Å². The number of para-hydroxylation sites is 1. The minimum Gasteiger partial charge on any atom is -0.421 e. The van der Waals surface area contributed by atoms with Crippen molar-refractivity contribution >= 4 is 34.2 Å². The Hall–Kier alpha value is -0.990. The molecule has 2 rings (SSSR count). The molecule has 1 heterocycles. The number of rotatable bonds is 0. The zero-order chi connectivity index (χ0) is 9.42. The smallest absolute Gasteiger partial charge is 0.337 e. The molecule has 4 heteroatoms.